The second kappa shape index (κ2) is 8.21. The number of pyridine rings is 1. The van der Waals surface area contributed by atoms with Crippen molar-refractivity contribution in [3.05, 3.63) is 57.5 Å². The van der Waals surface area contributed by atoms with Crippen molar-refractivity contribution in [1.82, 2.24) is 4.98 Å². The Kier molecular flexibility index (Phi) is 6.28. The van der Waals surface area contributed by atoms with E-state index in [4.69, 9.17) is 16.3 Å². The number of nitrogens with one attached hydrogen (secondary N) is 1. The van der Waals surface area contributed by atoms with Gasteiger partial charge in [0.1, 0.15) is 11.0 Å². The smallest absolute Gasteiger partial charge is 0.342 e. The number of benzene rings is 1. The number of hydrogen-bond acceptors (Lipinski definition) is 4. The van der Waals surface area contributed by atoms with Crippen molar-refractivity contribution in [3.63, 3.8) is 0 Å². The summed E-state index contributed by atoms with van der Waals surface area (Å²) in [5.41, 5.74) is 0.0531. The molecule has 1 atom stereocenters. The van der Waals surface area contributed by atoms with Gasteiger partial charge in [0.15, 0.2) is 6.10 Å². The average molecular weight is 416 g/mol. The van der Waals surface area contributed by atoms with Gasteiger partial charge in [-0.1, -0.05) is 34.5 Å². The first-order valence-electron chi connectivity index (χ1n) is 6.99. The van der Waals surface area contributed by atoms with E-state index < -0.39 is 23.8 Å². The fraction of sp³-hybridized carbons (Fsp3) is 0.188. The number of amides is 1. The summed E-state index contributed by atoms with van der Waals surface area (Å²) >= 11 is 8.95. The van der Waals surface area contributed by atoms with Crippen molar-refractivity contribution >= 4 is 45.1 Å². The first-order chi connectivity index (χ1) is 11.4. The summed E-state index contributed by atoms with van der Waals surface area (Å²) in [5.74, 6) is -2.01. The van der Waals surface area contributed by atoms with E-state index in [-0.39, 0.29) is 22.8 Å². The Morgan fingerprint density at radius 1 is 1.42 bits per heavy atom. The van der Waals surface area contributed by atoms with Crippen LogP contribution in [-0.2, 0) is 9.53 Å². The number of nitrogens with zero attached hydrogens (tertiary/aromatic N) is 1. The zero-order chi connectivity index (χ0) is 17.7. The molecule has 1 unspecified atom stereocenters. The van der Waals surface area contributed by atoms with Gasteiger partial charge in [-0.2, -0.15) is 0 Å². The third-order valence-corrected chi connectivity index (χ3v) is 3.87. The molecule has 0 saturated heterocycles. The molecule has 24 heavy (non-hydrogen) atoms. The normalized spacial score (nSPS) is 11.7. The molecule has 1 aromatic heterocycles. The van der Waals surface area contributed by atoms with Crippen molar-refractivity contribution < 1.29 is 18.7 Å². The quantitative estimate of drug-likeness (QED) is 0.587. The molecule has 8 heteroatoms. The lowest BCUT2D eigenvalue weighted by Gasteiger charge is -2.16. The van der Waals surface area contributed by atoms with E-state index in [9.17, 15) is 14.0 Å². The Bertz CT molecular complexity index is 773. The highest BCUT2D eigenvalue weighted by molar-refractivity contribution is 9.10. The molecule has 0 fully saturated rings. The van der Waals surface area contributed by atoms with Gasteiger partial charge >= 0.3 is 5.97 Å². The summed E-state index contributed by atoms with van der Waals surface area (Å²) in [6.07, 6.45) is 0.560. The molecule has 0 spiro atoms. The van der Waals surface area contributed by atoms with Crippen LogP contribution < -0.4 is 5.32 Å². The van der Waals surface area contributed by atoms with Crippen LogP contribution in [0.15, 0.2) is 41.0 Å². The summed E-state index contributed by atoms with van der Waals surface area (Å²) in [6.45, 7) is 1.67. The molecule has 2 rings (SSSR count). The van der Waals surface area contributed by atoms with E-state index in [1.54, 1.807) is 13.0 Å². The van der Waals surface area contributed by atoms with Gasteiger partial charge in [0.2, 0.25) is 0 Å². The Hall–Kier alpha value is -1.99. The molecule has 1 N–H and O–H groups in total. The van der Waals surface area contributed by atoms with Crippen LogP contribution in [0.25, 0.3) is 0 Å². The van der Waals surface area contributed by atoms with Crippen LogP contribution in [0.4, 0.5) is 10.1 Å². The number of carbonyl (C=O) groups excluding carboxylic acids is 2. The van der Waals surface area contributed by atoms with Crippen LogP contribution in [-0.4, -0.2) is 23.0 Å². The van der Waals surface area contributed by atoms with Crippen LogP contribution >= 0.6 is 27.5 Å². The predicted molar refractivity (Wildman–Crippen MR) is 91.5 cm³/mol. The van der Waals surface area contributed by atoms with Crippen molar-refractivity contribution in [2.45, 2.75) is 19.4 Å². The van der Waals surface area contributed by atoms with E-state index in [2.05, 4.69) is 26.2 Å². The average Bonchev–Trinajstić information content (AvgIpc) is 2.55. The van der Waals surface area contributed by atoms with Crippen LogP contribution in [0.3, 0.4) is 0 Å². The molecule has 1 amide bonds. The van der Waals surface area contributed by atoms with Crippen molar-refractivity contribution in [3.8, 4) is 0 Å². The van der Waals surface area contributed by atoms with E-state index >= 15 is 0 Å². The van der Waals surface area contributed by atoms with E-state index in [0.717, 1.165) is 0 Å². The maximum Gasteiger partial charge on any atom is 0.342 e. The maximum atomic E-state index is 13.8. The lowest BCUT2D eigenvalue weighted by molar-refractivity contribution is -0.124. The molecule has 0 saturated carbocycles. The lowest BCUT2D eigenvalue weighted by Crippen LogP contribution is -2.32. The van der Waals surface area contributed by atoms with E-state index in [1.165, 1.54) is 30.5 Å². The van der Waals surface area contributed by atoms with Crippen molar-refractivity contribution in [1.29, 1.82) is 0 Å². The molecular weight excluding hydrogens is 403 g/mol. The molecule has 1 aromatic carbocycles. The largest absolute Gasteiger partial charge is 0.449 e. The van der Waals surface area contributed by atoms with Gasteiger partial charge < -0.3 is 10.1 Å². The second-order valence-electron chi connectivity index (χ2n) is 4.76. The zero-order valence-electron chi connectivity index (χ0n) is 12.6. The molecule has 0 aliphatic carbocycles. The monoisotopic (exact) mass is 414 g/mol. The number of hydrogen-bond donors (Lipinski definition) is 1. The molecule has 0 aliphatic rings. The number of aromatic nitrogens is 1. The Balaban J connectivity index is 2.09. The number of ether oxygens (including phenoxy) is 1. The number of carbonyl (C=O) groups is 2. The van der Waals surface area contributed by atoms with E-state index in [1.807, 2.05) is 0 Å². The van der Waals surface area contributed by atoms with Crippen molar-refractivity contribution in [2.24, 2.45) is 0 Å². The third kappa shape index (κ3) is 4.52. The first-order valence-corrected chi connectivity index (χ1v) is 8.17. The Morgan fingerprint density at radius 2 is 2.17 bits per heavy atom. The van der Waals surface area contributed by atoms with Gasteiger partial charge in [-0.3, -0.25) is 4.79 Å². The molecule has 1 heterocycles. The molecular formula is C16H13BrClFN2O3. The molecule has 0 radical (unpaired) electrons. The van der Waals surface area contributed by atoms with Gasteiger partial charge in [-0.25, -0.2) is 14.2 Å². The van der Waals surface area contributed by atoms with Gasteiger partial charge in [0.05, 0.1) is 11.3 Å². The zero-order valence-corrected chi connectivity index (χ0v) is 14.9. The van der Waals surface area contributed by atoms with Gasteiger partial charge in [-0.15, -0.1) is 0 Å². The highest BCUT2D eigenvalue weighted by Gasteiger charge is 2.24. The molecule has 2 aromatic rings. The van der Waals surface area contributed by atoms with Gasteiger partial charge in [0.25, 0.3) is 5.91 Å². The summed E-state index contributed by atoms with van der Waals surface area (Å²) < 4.78 is 19.5. The molecule has 126 valence electrons. The Labute approximate surface area is 151 Å². The minimum Gasteiger partial charge on any atom is -0.449 e. The predicted octanol–water partition coefficient (Wildman–Crippen LogP) is 4.21. The molecule has 0 aliphatic heterocycles. The van der Waals surface area contributed by atoms with Gasteiger partial charge in [0, 0.05) is 10.7 Å². The molecule has 5 nitrogen and oxygen atoms in total. The standard InChI is InChI=1S/C16H13BrClFN2O3/c1-2-13(24-16(23)10-4-3-7-20-14(10)18)15(22)21-12-6-5-9(17)8-11(12)19/h3-8,13H,2H2,1H3,(H,21,22). The third-order valence-electron chi connectivity index (χ3n) is 3.08. The lowest BCUT2D eigenvalue weighted by atomic mass is 10.2. The highest BCUT2D eigenvalue weighted by Crippen LogP contribution is 2.20. The highest BCUT2D eigenvalue weighted by atomic mass is 79.9. The minimum atomic E-state index is -1.09. The van der Waals surface area contributed by atoms with E-state index in [0.29, 0.717) is 4.47 Å². The van der Waals surface area contributed by atoms with Crippen molar-refractivity contribution in [2.75, 3.05) is 5.32 Å². The number of esters is 1. The SMILES string of the molecule is CCC(OC(=O)c1cccnc1Cl)C(=O)Nc1ccc(Br)cc1F. The number of rotatable bonds is 5. The fourth-order valence-electron chi connectivity index (χ4n) is 1.86. The summed E-state index contributed by atoms with van der Waals surface area (Å²) in [5, 5.41) is 2.38. The van der Waals surface area contributed by atoms with Gasteiger partial charge in [-0.05, 0) is 36.8 Å². The second-order valence-corrected chi connectivity index (χ2v) is 6.03. The summed E-state index contributed by atoms with van der Waals surface area (Å²) in [7, 11) is 0. The minimum absolute atomic E-state index is 0.00268. The maximum absolute atomic E-state index is 13.8. The number of anilines is 1. The van der Waals surface area contributed by atoms with Crippen LogP contribution in [0, 0.1) is 5.82 Å². The topological polar surface area (TPSA) is 68.3 Å². The first kappa shape index (κ1) is 18.4. The Morgan fingerprint density at radius 3 is 2.79 bits per heavy atom. The molecule has 0 bridgehead atoms. The van der Waals surface area contributed by atoms with Crippen LogP contribution in [0.5, 0.6) is 0 Å². The fourth-order valence-corrected chi connectivity index (χ4v) is 2.39. The summed E-state index contributed by atoms with van der Waals surface area (Å²) in [4.78, 5) is 28.1. The number of halogens is 3. The van der Waals surface area contributed by atoms with Crippen LogP contribution in [0.1, 0.15) is 23.7 Å². The van der Waals surface area contributed by atoms with Crippen LogP contribution in [0.2, 0.25) is 5.15 Å². The summed E-state index contributed by atoms with van der Waals surface area (Å²) in [6, 6.07) is 7.18.